The Balaban J connectivity index is 1.70. The zero-order valence-corrected chi connectivity index (χ0v) is 13.3. The van der Waals surface area contributed by atoms with Gasteiger partial charge in [0.1, 0.15) is 5.75 Å². The summed E-state index contributed by atoms with van der Waals surface area (Å²) < 4.78 is 28.1. The van der Waals surface area contributed by atoms with Crippen LogP contribution in [0.25, 0.3) is 0 Å². The van der Waals surface area contributed by atoms with E-state index in [9.17, 15) is 8.42 Å². The second-order valence-corrected chi connectivity index (χ2v) is 7.91. The van der Waals surface area contributed by atoms with E-state index in [1.165, 1.54) is 29.3 Å². The highest BCUT2D eigenvalue weighted by Gasteiger charge is 2.26. The summed E-state index contributed by atoms with van der Waals surface area (Å²) in [6.07, 6.45) is 0.988. The Morgan fingerprint density at radius 3 is 2.62 bits per heavy atom. The van der Waals surface area contributed by atoms with Gasteiger partial charge in [-0.05, 0) is 35.7 Å². The van der Waals surface area contributed by atoms with Crippen LogP contribution in [0.2, 0.25) is 5.02 Å². The van der Waals surface area contributed by atoms with E-state index in [2.05, 4.69) is 12.1 Å². The van der Waals surface area contributed by atoms with Crippen molar-refractivity contribution in [1.82, 2.24) is 0 Å². The molecule has 3 nitrogen and oxygen atoms in total. The van der Waals surface area contributed by atoms with Crippen LogP contribution in [0.3, 0.4) is 0 Å². The molecule has 0 bridgehead atoms. The van der Waals surface area contributed by atoms with E-state index in [4.69, 9.17) is 27.0 Å². The van der Waals surface area contributed by atoms with Crippen molar-refractivity contribution in [2.45, 2.75) is 17.2 Å². The summed E-state index contributed by atoms with van der Waals surface area (Å²) in [5.41, 5.74) is 2.65. The molecule has 0 saturated carbocycles. The van der Waals surface area contributed by atoms with Crippen LogP contribution in [0.1, 0.15) is 17.0 Å². The van der Waals surface area contributed by atoms with E-state index >= 15 is 0 Å². The van der Waals surface area contributed by atoms with Crippen molar-refractivity contribution in [3.8, 4) is 5.75 Å². The van der Waals surface area contributed by atoms with E-state index in [1.807, 2.05) is 12.1 Å². The molecule has 0 spiro atoms. The van der Waals surface area contributed by atoms with Crippen LogP contribution in [-0.4, -0.2) is 15.0 Å². The molecule has 0 saturated heterocycles. The van der Waals surface area contributed by atoms with Crippen LogP contribution < -0.4 is 4.74 Å². The Bertz CT molecular complexity index is 787. The summed E-state index contributed by atoms with van der Waals surface area (Å²) >= 11 is 6.03. The fourth-order valence-corrected chi connectivity index (χ4v) is 3.53. The quantitative estimate of drug-likeness (QED) is 0.789. The summed E-state index contributed by atoms with van der Waals surface area (Å²) in [6.45, 7) is 0.518. The summed E-state index contributed by atoms with van der Waals surface area (Å²) in [7, 11) is 1.50. The lowest BCUT2D eigenvalue weighted by atomic mass is 9.78. The van der Waals surface area contributed by atoms with E-state index in [-0.39, 0.29) is 9.92 Å². The summed E-state index contributed by atoms with van der Waals surface area (Å²) in [5, 5.41) is 0.240. The number of hydrogen-bond donors (Lipinski definition) is 0. The van der Waals surface area contributed by atoms with Crippen molar-refractivity contribution in [1.29, 1.82) is 0 Å². The Kier molecular flexibility index (Phi) is 3.86. The monoisotopic (exact) mass is 342 g/mol. The number of halogens is 2. The average molecular weight is 343 g/mol. The minimum absolute atomic E-state index is 0.0319. The molecule has 2 aromatic carbocycles. The average Bonchev–Trinajstić information content (AvgIpc) is 2.40. The first-order valence-corrected chi connectivity index (χ1v) is 9.08. The standard InChI is InChI=1S/C15H12Cl2O3S/c16-14-8-12(21(17,18)19)5-6-15(14)20-9-11-7-10-3-1-2-4-13(10)11/h1-6,8,11H,7,9H2. The molecular formula is C15H12Cl2O3S. The van der Waals surface area contributed by atoms with Crippen LogP contribution in [0.5, 0.6) is 5.75 Å². The van der Waals surface area contributed by atoms with E-state index in [1.54, 1.807) is 0 Å². The van der Waals surface area contributed by atoms with Gasteiger partial charge in [-0.1, -0.05) is 35.9 Å². The highest BCUT2D eigenvalue weighted by Crippen LogP contribution is 2.36. The first-order chi connectivity index (χ1) is 9.95. The van der Waals surface area contributed by atoms with Gasteiger partial charge >= 0.3 is 0 Å². The predicted octanol–water partition coefficient (Wildman–Crippen LogP) is 3.99. The molecule has 1 aliphatic carbocycles. The Hall–Kier alpha value is -1.23. The van der Waals surface area contributed by atoms with Crippen LogP contribution in [0.4, 0.5) is 0 Å². The topological polar surface area (TPSA) is 43.4 Å². The maximum atomic E-state index is 11.2. The number of hydrogen-bond acceptors (Lipinski definition) is 3. The number of ether oxygens (including phenoxy) is 1. The highest BCUT2D eigenvalue weighted by molar-refractivity contribution is 8.13. The van der Waals surface area contributed by atoms with Gasteiger partial charge in [-0.15, -0.1) is 0 Å². The molecule has 6 heteroatoms. The van der Waals surface area contributed by atoms with Crippen molar-refractivity contribution < 1.29 is 13.2 Å². The number of benzene rings is 2. The third kappa shape index (κ3) is 3.03. The van der Waals surface area contributed by atoms with Crippen molar-refractivity contribution in [2.24, 2.45) is 0 Å². The molecule has 0 fully saturated rings. The molecule has 1 aliphatic rings. The molecule has 1 atom stereocenters. The summed E-state index contributed by atoms with van der Waals surface area (Å²) in [5.74, 6) is 0.818. The van der Waals surface area contributed by atoms with Crippen LogP contribution in [0.15, 0.2) is 47.4 Å². The minimum atomic E-state index is -3.77. The van der Waals surface area contributed by atoms with Gasteiger partial charge in [0.15, 0.2) is 0 Å². The van der Waals surface area contributed by atoms with Gasteiger partial charge in [0.25, 0.3) is 9.05 Å². The molecule has 1 unspecified atom stereocenters. The maximum Gasteiger partial charge on any atom is 0.261 e. The fourth-order valence-electron chi connectivity index (χ4n) is 2.45. The van der Waals surface area contributed by atoms with Gasteiger partial charge in [0.2, 0.25) is 0 Å². The lowest BCUT2D eigenvalue weighted by Crippen LogP contribution is -2.23. The molecular weight excluding hydrogens is 331 g/mol. The minimum Gasteiger partial charge on any atom is -0.491 e. The van der Waals surface area contributed by atoms with Gasteiger partial charge < -0.3 is 4.74 Å². The normalized spacial score (nSPS) is 17.0. The van der Waals surface area contributed by atoms with E-state index < -0.39 is 9.05 Å². The van der Waals surface area contributed by atoms with Gasteiger partial charge in [0, 0.05) is 16.6 Å². The second kappa shape index (κ2) is 5.52. The van der Waals surface area contributed by atoms with Crippen LogP contribution in [-0.2, 0) is 15.5 Å². The first kappa shape index (κ1) is 14.7. The van der Waals surface area contributed by atoms with E-state index in [0.29, 0.717) is 18.3 Å². The summed E-state index contributed by atoms with van der Waals surface area (Å²) in [4.78, 5) is -0.0319. The molecule has 0 radical (unpaired) electrons. The third-order valence-electron chi connectivity index (χ3n) is 3.59. The summed E-state index contributed by atoms with van der Waals surface area (Å²) in [6, 6.07) is 12.5. The SMILES string of the molecule is O=S(=O)(Cl)c1ccc(OCC2Cc3ccccc32)c(Cl)c1. The molecule has 0 amide bonds. The fraction of sp³-hybridized carbons (Fsp3) is 0.200. The number of fused-ring (bicyclic) bond motifs is 1. The smallest absolute Gasteiger partial charge is 0.261 e. The molecule has 110 valence electrons. The van der Waals surface area contributed by atoms with Gasteiger partial charge in [0.05, 0.1) is 16.5 Å². The zero-order chi connectivity index (χ0) is 15.0. The molecule has 21 heavy (non-hydrogen) atoms. The molecule has 0 N–H and O–H groups in total. The van der Waals surface area contributed by atoms with Gasteiger partial charge in [-0.3, -0.25) is 0 Å². The molecule has 3 rings (SSSR count). The molecule has 0 aliphatic heterocycles. The van der Waals surface area contributed by atoms with Gasteiger partial charge in [-0.25, -0.2) is 8.42 Å². The lowest BCUT2D eigenvalue weighted by molar-refractivity contribution is 0.275. The molecule has 2 aromatic rings. The Morgan fingerprint density at radius 1 is 1.19 bits per heavy atom. The maximum absolute atomic E-state index is 11.2. The van der Waals surface area contributed by atoms with Gasteiger partial charge in [-0.2, -0.15) is 0 Å². The predicted molar refractivity (Wildman–Crippen MR) is 82.9 cm³/mol. The highest BCUT2D eigenvalue weighted by atomic mass is 35.7. The van der Waals surface area contributed by atoms with Crippen molar-refractivity contribution in [2.75, 3.05) is 6.61 Å². The van der Waals surface area contributed by atoms with E-state index in [0.717, 1.165) is 6.42 Å². The lowest BCUT2D eigenvalue weighted by Gasteiger charge is -2.29. The second-order valence-electron chi connectivity index (χ2n) is 4.94. The Morgan fingerprint density at radius 2 is 1.95 bits per heavy atom. The number of rotatable bonds is 4. The molecule has 0 heterocycles. The molecule has 0 aromatic heterocycles. The zero-order valence-electron chi connectivity index (χ0n) is 10.9. The van der Waals surface area contributed by atoms with Crippen molar-refractivity contribution in [3.05, 3.63) is 58.6 Å². The third-order valence-corrected chi connectivity index (χ3v) is 5.23. The Labute approximate surface area is 132 Å². The largest absolute Gasteiger partial charge is 0.491 e. The van der Waals surface area contributed by atoms with Crippen LogP contribution >= 0.6 is 22.3 Å². The van der Waals surface area contributed by atoms with Crippen LogP contribution in [0, 0.1) is 0 Å². The van der Waals surface area contributed by atoms with Crippen molar-refractivity contribution >= 4 is 31.3 Å². The first-order valence-electron chi connectivity index (χ1n) is 6.40. The van der Waals surface area contributed by atoms with Crippen molar-refractivity contribution in [3.63, 3.8) is 0 Å².